The molecule has 0 atom stereocenters. The van der Waals surface area contributed by atoms with Crippen LogP contribution in [0.4, 0.5) is 18.9 Å². The van der Waals surface area contributed by atoms with Crippen LogP contribution in [0.3, 0.4) is 0 Å². The molecule has 74 valence electrons. The molecule has 0 aliphatic heterocycles. The lowest BCUT2D eigenvalue weighted by molar-refractivity contribution is 0.156. The zero-order chi connectivity index (χ0) is 10.3. The summed E-state index contributed by atoms with van der Waals surface area (Å²) in [5.41, 5.74) is 5.63. The molecule has 14 heavy (non-hydrogen) atoms. The Morgan fingerprint density at radius 3 is 2.57 bits per heavy atom. The van der Waals surface area contributed by atoms with Crippen LogP contribution in [0.15, 0.2) is 18.2 Å². The molecular formula is C9H6F3NS. The number of anilines is 1. The molecule has 2 aromatic rings. The number of hydrogen-bond acceptors (Lipinski definition) is 2. The van der Waals surface area contributed by atoms with E-state index in [0.29, 0.717) is 5.39 Å². The van der Waals surface area contributed by atoms with Crippen molar-refractivity contribution >= 4 is 27.1 Å². The summed E-state index contributed by atoms with van der Waals surface area (Å²) < 4.78 is 38.0. The summed E-state index contributed by atoms with van der Waals surface area (Å²) in [6.45, 7) is 0. The number of alkyl halides is 2. The molecule has 2 rings (SSSR count). The van der Waals surface area contributed by atoms with Gasteiger partial charge in [0.15, 0.2) is 0 Å². The number of thiophene rings is 1. The average Bonchev–Trinajstić information content (AvgIpc) is 2.47. The van der Waals surface area contributed by atoms with Crippen molar-refractivity contribution in [2.45, 2.75) is 6.43 Å². The van der Waals surface area contributed by atoms with Crippen molar-refractivity contribution in [1.29, 1.82) is 0 Å². The van der Waals surface area contributed by atoms with Crippen LogP contribution >= 0.6 is 11.3 Å². The molecular weight excluding hydrogens is 211 g/mol. The first-order valence-corrected chi connectivity index (χ1v) is 4.66. The molecule has 0 aliphatic rings. The topological polar surface area (TPSA) is 26.0 Å². The minimum Gasteiger partial charge on any atom is -0.399 e. The van der Waals surface area contributed by atoms with Crippen LogP contribution < -0.4 is 5.73 Å². The molecule has 0 saturated heterocycles. The maximum atomic E-state index is 13.2. The highest BCUT2D eigenvalue weighted by molar-refractivity contribution is 7.19. The molecule has 0 unspecified atom stereocenters. The third-order valence-electron chi connectivity index (χ3n) is 1.83. The molecule has 0 amide bonds. The minimum absolute atomic E-state index is 0.135. The molecule has 0 saturated carbocycles. The molecule has 1 heterocycles. The fraction of sp³-hybridized carbons (Fsp3) is 0.111. The van der Waals surface area contributed by atoms with Crippen LogP contribution in [-0.4, -0.2) is 0 Å². The number of hydrogen-bond donors (Lipinski definition) is 1. The second-order valence-corrected chi connectivity index (χ2v) is 3.95. The Labute approximate surface area is 82.0 Å². The second-order valence-electron chi connectivity index (χ2n) is 2.87. The van der Waals surface area contributed by atoms with Gasteiger partial charge in [0, 0.05) is 5.69 Å². The van der Waals surface area contributed by atoms with E-state index in [4.69, 9.17) is 5.73 Å². The smallest absolute Gasteiger partial charge is 0.272 e. The Balaban J connectivity index is 2.70. The summed E-state index contributed by atoms with van der Waals surface area (Å²) in [5, 5.41) is 0.433. The number of halogens is 3. The first kappa shape index (κ1) is 9.33. The predicted octanol–water partition coefficient (Wildman–Crippen LogP) is 3.56. The maximum Gasteiger partial charge on any atom is 0.272 e. The molecule has 0 aliphatic carbocycles. The lowest BCUT2D eigenvalue weighted by atomic mass is 10.2. The van der Waals surface area contributed by atoms with Gasteiger partial charge in [-0.05, 0) is 23.6 Å². The van der Waals surface area contributed by atoms with Gasteiger partial charge >= 0.3 is 0 Å². The summed E-state index contributed by atoms with van der Waals surface area (Å²) in [6.07, 6.45) is -2.56. The van der Waals surface area contributed by atoms with Gasteiger partial charge in [0.1, 0.15) is 5.82 Å². The SMILES string of the molecule is Nc1cc(F)c2sc(C(F)F)cc2c1. The highest BCUT2D eigenvalue weighted by atomic mass is 32.1. The largest absolute Gasteiger partial charge is 0.399 e. The van der Waals surface area contributed by atoms with E-state index in [0.717, 1.165) is 17.4 Å². The third-order valence-corrected chi connectivity index (χ3v) is 2.99. The molecule has 0 spiro atoms. The van der Waals surface area contributed by atoms with Crippen molar-refractivity contribution in [2.75, 3.05) is 5.73 Å². The van der Waals surface area contributed by atoms with Gasteiger partial charge in [-0.3, -0.25) is 0 Å². The molecule has 1 aromatic heterocycles. The van der Waals surface area contributed by atoms with Crippen molar-refractivity contribution in [1.82, 2.24) is 0 Å². The molecule has 0 fully saturated rings. The standard InChI is InChI=1S/C9H6F3NS/c10-6-3-5(13)1-4-2-7(9(11)12)14-8(4)6/h1-3,9H,13H2. The van der Waals surface area contributed by atoms with E-state index < -0.39 is 12.2 Å². The summed E-state index contributed by atoms with van der Waals surface area (Å²) >= 11 is 0.760. The zero-order valence-electron chi connectivity index (χ0n) is 6.93. The van der Waals surface area contributed by atoms with Gasteiger partial charge in [0.2, 0.25) is 0 Å². The van der Waals surface area contributed by atoms with E-state index >= 15 is 0 Å². The van der Waals surface area contributed by atoms with E-state index in [1.165, 1.54) is 12.1 Å². The van der Waals surface area contributed by atoms with Gasteiger partial charge in [-0.15, -0.1) is 11.3 Å². The predicted molar refractivity (Wildman–Crippen MR) is 51.2 cm³/mol. The quantitative estimate of drug-likeness (QED) is 0.726. The van der Waals surface area contributed by atoms with Gasteiger partial charge in [0.25, 0.3) is 6.43 Å². The molecule has 5 heteroatoms. The second kappa shape index (κ2) is 3.16. The van der Waals surface area contributed by atoms with Crippen molar-refractivity contribution in [3.63, 3.8) is 0 Å². The van der Waals surface area contributed by atoms with Crippen molar-refractivity contribution in [2.24, 2.45) is 0 Å². The fourth-order valence-electron chi connectivity index (χ4n) is 1.26. The van der Waals surface area contributed by atoms with Gasteiger partial charge in [0.05, 0.1) is 9.58 Å². The Bertz CT molecular complexity index is 478. The van der Waals surface area contributed by atoms with Crippen LogP contribution in [-0.2, 0) is 0 Å². The molecule has 1 aromatic carbocycles. The van der Waals surface area contributed by atoms with E-state index in [-0.39, 0.29) is 15.3 Å². The molecule has 0 radical (unpaired) electrons. The highest BCUT2D eigenvalue weighted by Gasteiger charge is 2.13. The van der Waals surface area contributed by atoms with E-state index in [1.807, 2.05) is 0 Å². The number of nitrogens with two attached hydrogens (primary N) is 1. The van der Waals surface area contributed by atoms with E-state index in [1.54, 1.807) is 0 Å². The van der Waals surface area contributed by atoms with Gasteiger partial charge in [-0.2, -0.15) is 0 Å². The first-order chi connectivity index (χ1) is 6.58. The Hall–Kier alpha value is -1.23. The Kier molecular flexibility index (Phi) is 2.11. The number of benzene rings is 1. The van der Waals surface area contributed by atoms with E-state index in [9.17, 15) is 13.2 Å². The van der Waals surface area contributed by atoms with Crippen LogP contribution in [0.25, 0.3) is 10.1 Å². The molecule has 1 nitrogen and oxygen atoms in total. The highest BCUT2D eigenvalue weighted by Crippen LogP contribution is 2.34. The van der Waals surface area contributed by atoms with Crippen LogP contribution in [0.2, 0.25) is 0 Å². The lowest BCUT2D eigenvalue weighted by Gasteiger charge is -1.94. The first-order valence-electron chi connectivity index (χ1n) is 3.84. The van der Waals surface area contributed by atoms with Gasteiger partial charge in [-0.25, -0.2) is 13.2 Å². The summed E-state index contributed by atoms with van der Waals surface area (Å²) in [4.78, 5) is -0.135. The minimum atomic E-state index is -2.56. The van der Waals surface area contributed by atoms with Crippen molar-refractivity contribution in [3.05, 3.63) is 28.9 Å². The summed E-state index contributed by atoms with van der Waals surface area (Å²) in [6, 6.07) is 3.89. The maximum absolute atomic E-state index is 13.2. The van der Waals surface area contributed by atoms with Gasteiger partial charge in [-0.1, -0.05) is 0 Å². The lowest BCUT2D eigenvalue weighted by Crippen LogP contribution is -1.84. The van der Waals surface area contributed by atoms with Gasteiger partial charge < -0.3 is 5.73 Å². The number of nitrogen functional groups attached to an aromatic ring is 1. The summed E-state index contributed by atoms with van der Waals surface area (Å²) in [7, 11) is 0. The normalized spacial score (nSPS) is 11.4. The molecule has 0 bridgehead atoms. The van der Waals surface area contributed by atoms with E-state index in [2.05, 4.69) is 0 Å². The van der Waals surface area contributed by atoms with Crippen LogP contribution in [0, 0.1) is 5.82 Å². The zero-order valence-corrected chi connectivity index (χ0v) is 7.75. The van der Waals surface area contributed by atoms with Crippen LogP contribution in [0.5, 0.6) is 0 Å². The Morgan fingerprint density at radius 1 is 1.21 bits per heavy atom. The van der Waals surface area contributed by atoms with Crippen molar-refractivity contribution < 1.29 is 13.2 Å². The fourth-order valence-corrected chi connectivity index (χ4v) is 2.16. The number of rotatable bonds is 1. The Morgan fingerprint density at radius 2 is 1.93 bits per heavy atom. The summed E-state index contributed by atoms with van der Waals surface area (Å²) in [5.74, 6) is -0.545. The van der Waals surface area contributed by atoms with Crippen LogP contribution in [0.1, 0.15) is 11.3 Å². The number of fused-ring (bicyclic) bond motifs is 1. The van der Waals surface area contributed by atoms with Crippen molar-refractivity contribution in [3.8, 4) is 0 Å². The third kappa shape index (κ3) is 1.43. The monoisotopic (exact) mass is 217 g/mol. The average molecular weight is 217 g/mol. The molecule has 2 N–H and O–H groups in total.